The largest absolute Gasteiger partial charge is 0.399 e. The van der Waals surface area contributed by atoms with Gasteiger partial charge in [0.15, 0.2) is 5.13 Å². The fourth-order valence-corrected chi connectivity index (χ4v) is 3.33. The van der Waals surface area contributed by atoms with E-state index in [9.17, 15) is 9.90 Å². The Balaban J connectivity index is 1.97. The summed E-state index contributed by atoms with van der Waals surface area (Å²) in [5, 5.41) is 21.0. The van der Waals surface area contributed by atoms with Gasteiger partial charge in [-0.3, -0.25) is 4.79 Å². The quantitative estimate of drug-likeness (QED) is 0.595. The van der Waals surface area contributed by atoms with Crippen molar-refractivity contribution in [3.8, 4) is 0 Å². The van der Waals surface area contributed by atoms with Crippen LogP contribution in [-0.2, 0) is 4.79 Å². The van der Waals surface area contributed by atoms with Gasteiger partial charge in [0.1, 0.15) is 0 Å². The zero-order chi connectivity index (χ0) is 15.4. The summed E-state index contributed by atoms with van der Waals surface area (Å²) in [6.45, 7) is 1.44. The van der Waals surface area contributed by atoms with Crippen LogP contribution in [0.15, 0.2) is 18.2 Å². The van der Waals surface area contributed by atoms with Crippen molar-refractivity contribution in [1.82, 2.24) is 4.98 Å². The van der Waals surface area contributed by atoms with Gasteiger partial charge in [0.25, 0.3) is 0 Å². The fraction of sp³-hybridized carbons (Fsp3) is 0.385. The van der Waals surface area contributed by atoms with Gasteiger partial charge in [-0.2, -0.15) is 0 Å². The zero-order valence-corrected chi connectivity index (χ0v) is 13.1. The third-order valence-corrected chi connectivity index (χ3v) is 4.99. The molecule has 2 rings (SSSR count). The number of nitrogens with two attached hydrogens (primary N) is 1. The predicted octanol–water partition coefficient (Wildman–Crippen LogP) is 1.29. The van der Waals surface area contributed by atoms with E-state index in [1.807, 2.05) is 12.1 Å². The Morgan fingerprint density at radius 1 is 1.57 bits per heavy atom. The highest BCUT2D eigenvalue weighted by Gasteiger charge is 2.17. The van der Waals surface area contributed by atoms with Crippen molar-refractivity contribution < 1.29 is 15.0 Å². The minimum absolute atomic E-state index is 0.183. The van der Waals surface area contributed by atoms with Gasteiger partial charge in [0, 0.05) is 11.4 Å². The van der Waals surface area contributed by atoms with E-state index in [1.165, 1.54) is 23.1 Å². The molecule has 1 heterocycles. The molecule has 6 nitrogen and oxygen atoms in total. The smallest absolute Gasteiger partial charge is 0.238 e. The lowest BCUT2D eigenvalue weighted by Crippen LogP contribution is -2.25. The Morgan fingerprint density at radius 3 is 3.05 bits per heavy atom. The van der Waals surface area contributed by atoms with Crippen LogP contribution in [0.4, 0.5) is 10.8 Å². The SMILES string of the molecule is CC(SCC(O)CO)C(=O)Nc1nc2ccc(N)cc2s1. The minimum atomic E-state index is -0.810. The number of aromatic nitrogens is 1. The van der Waals surface area contributed by atoms with E-state index in [4.69, 9.17) is 10.8 Å². The summed E-state index contributed by atoms with van der Waals surface area (Å²) >= 11 is 2.64. The van der Waals surface area contributed by atoms with E-state index in [0.717, 1.165) is 10.2 Å². The monoisotopic (exact) mass is 327 g/mol. The van der Waals surface area contributed by atoms with Crippen molar-refractivity contribution in [2.24, 2.45) is 0 Å². The Bertz CT molecular complexity index is 632. The van der Waals surface area contributed by atoms with Crippen LogP contribution < -0.4 is 11.1 Å². The summed E-state index contributed by atoms with van der Waals surface area (Å²) in [6.07, 6.45) is -0.810. The number of rotatable bonds is 6. The molecule has 2 unspecified atom stereocenters. The molecule has 21 heavy (non-hydrogen) atoms. The van der Waals surface area contributed by atoms with Gasteiger partial charge in [-0.1, -0.05) is 11.3 Å². The molecule has 5 N–H and O–H groups in total. The summed E-state index contributed by atoms with van der Waals surface area (Å²) in [5.74, 6) is 0.124. The molecule has 0 aliphatic heterocycles. The molecular formula is C13H17N3O3S2. The number of nitrogen functional groups attached to an aromatic ring is 1. The van der Waals surface area contributed by atoms with Crippen molar-refractivity contribution in [1.29, 1.82) is 0 Å². The Kier molecular flexibility index (Phi) is 5.40. The first kappa shape index (κ1) is 16.0. The lowest BCUT2D eigenvalue weighted by atomic mass is 10.3. The zero-order valence-electron chi connectivity index (χ0n) is 11.4. The number of hydrogen-bond acceptors (Lipinski definition) is 7. The molecule has 8 heteroatoms. The number of fused-ring (bicyclic) bond motifs is 1. The lowest BCUT2D eigenvalue weighted by molar-refractivity contribution is -0.115. The average Bonchev–Trinajstić information content (AvgIpc) is 2.85. The topological polar surface area (TPSA) is 108 Å². The van der Waals surface area contributed by atoms with Crippen LogP contribution >= 0.6 is 23.1 Å². The van der Waals surface area contributed by atoms with Gasteiger partial charge in [0.2, 0.25) is 5.91 Å². The van der Waals surface area contributed by atoms with Crippen LogP contribution in [0.1, 0.15) is 6.92 Å². The number of nitrogens with one attached hydrogen (secondary N) is 1. The molecule has 0 bridgehead atoms. The molecule has 2 atom stereocenters. The van der Waals surface area contributed by atoms with Gasteiger partial charge < -0.3 is 21.3 Å². The van der Waals surface area contributed by atoms with Crippen LogP contribution in [0.2, 0.25) is 0 Å². The van der Waals surface area contributed by atoms with Gasteiger partial charge in [-0.05, 0) is 25.1 Å². The van der Waals surface area contributed by atoms with Crippen LogP contribution in [0.5, 0.6) is 0 Å². The van der Waals surface area contributed by atoms with Crippen molar-refractivity contribution in [3.63, 3.8) is 0 Å². The predicted molar refractivity (Wildman–Crippen MR) is 87.7 cm³/mol. The molecule has 0 spiro atoms. The number of thiazole rings is 1. The molecule has 0 fully saturated rings. The van der Waals surface area contributed by atoms with E-state index in [1.54, 1.807) is 13.0 Å². The molecule has 0 saturated carbocycles. The third kappa shape index (κ3) is 4.31. The average molecular weight is 327 g/mol. The van der Waals surface area contributed by atoms with Crippen LogP contribution in [0.3, 0.4) is 0 Å². The number of nitrogens with zero attached hydrogens (tertiary/aromatic N) is 1. The number of anilines is 2. The van der Waals surface area contributed by atoms with Crippen molar-refractivity contribution in [2.75, 3.05) is 23.4 Å². The summed E-state index contributed by atoms with van der Waals surface area (Å²) in [7, 11) is 0. The maximum absolute atomic E-state index is 12.0. The standard InChI is InChI=1S/C13H17N3O3S2/c1-7(20-6-9(18)5-17)12(19)16-13-15-10-3-2-8(14)4-11(10)21-13/h2-4,7,9,17-18H,5-6,14H2,1H3,(H,15,16,19). The first-order valence-corrected chi connectivity index (χ1v) is 8.23. The number of hydrogen-bond donors (Lipinski definition) is 4. The lowest BCUT2D eigenvalue weighted by Gasteiger charge is -2.12. The van der Waals surface area contributed by atoms with Crippen molar-refractivity contribution in [3.05, 3.63) is 18.2 Å². The maximum Gasteiger partial charge on any atom is 0.238 e. The van der Waals surface area contributed by atoms with Gasteiger partial charge in [-0.15, -0.1) is 11.8 Å². The molecule has 0 saturated heterocycles. The Morgan fingerprint density at radius 2 is 2.33 bits per heavy atom. The number of aliphatic hydroxyl groups is 2. The molecular weight excluding hydrogens is 310 g/mol. The maximum atomic E-state index is 12.0. The second-order valence-corrected chi connectivity index (χ2v) is 6.95. The molecule has 114 valence electrons. The number of amides is 1. The third-order valence-electron chi connectivity index (χ3n) is 2.76. The minimum Gasteiger partial charge on any atom is -0.399 e. The molecule has 1 aromatic heterocycles. The van der Waals surface area contributed by atoms with E-state index < -0.39 is 6.10 Å². The van der Waals surface area contributed by atoms with Crippen LogP contribution in [0.25, 0.3) is 10.2 Å². The van der Waals surface area contributed by atoms with Crippen molar-refractivity contribution in [2.45, 2.75) is 18.3 Å². The first-order valence-electron chi connectivity index (χ1n) is 6.37. The van der Waals surface area contributed by atoms with E-state index in [2.05, 4.69) is 10.3 Å². The van der Waals surface area contributed by atoms with E-state index >= 15 is 0 Å². The number of benzene rings is 1. The van der Waals surface area contributed by atoms with Gasteiger partial charge in [-0.25, -0.2) is 4.98 Å². The summed E-state index contributed by atoms with van der Waals surface area (Å²) in [4.78, 5) is 16.3. The molecule has 2 aromatic rings. The second kappa shape index (κ2) is 7.08. The number of carbonyl (C=O) groups is 1. The highest BCUT2D eigenvalue weighted by atomic mass is 32.2. The molecule has 0 aliphatic rings. The summed E-state index contributed by atoms with van der Waals surface area (Å²) in [5.41, 5.74) is 7.16. The molecule has 1 amide bonds. The summed E-state index contributed by atoms with van der Waals surface area (Å²) in [6, 6.07) is 5.40. The molecule has 1 aromatic carbocycles. The number of aliphatic hydroxyl groups excluding tert-OH is 2. The molecule has 0 aliphatic carbocycles. The highest BCUT2D eigenvalue weighted by Crippen LogP contribution is 2.28. The number of thioether (sulfide) groups is 1. The Hall–Kier alpha value is -1.35. The van der Waals surface area contributed by atoms with Gasteiger partial charge >= 0.3 is 0 Å². The number of carbonyl (C=O) groups excluding carboxylic acids is 1. The van der Waals surface area contributed by atoms with E-state index in [-0.39, 0.29) is 17.8 Å². The molecule has 0 radical (unpaired) electrons. The first-order chi connectivity index (χ1) is 9.99. The van der Waals surface area contributed by atoms with Crippen LogP contribution in [0, 0.1) is 0 Å². The second-order valence-electron chi connectivity index (χ2n) is 4.55. The van der Waals surface area contributed by atoms with Crippen LogP contribution in [-0.4, -0.2) is 44.8 Å². The summed E-state index contributed by atoms with van der Waals surface area (Å²) < 4.78 is 0.918. The Labute approximate surface area is 130 Å². The fourth-order valence-electron chi connectivity index (χ4n) is 1.59. The van der Waals surface area contributed by atoms with Crippen molar-refractivity contribution >= 4 is 50.0 Å². The highest BCUT2D eigenvalue weighted by molar-refractivity contribution is 8.00. The van der Waals surface area contributed by atoms with E-state index in [0.29, 0.717) is 16.6 Å². The normalized spacial score (nSPS) is 14.0. The van der Waals surface area contributed by atoms with Gasteiger partial charge in [0.05, 0.1) is 28.2 Å².